The van der Waals surface area contributed by atoms with Gasteiger partial charge in [0.2, 0.25) is 0 Å². The van der Waals surface area contributed by atoms with Crippen LogP contribution in [0.1, 0.15) is 18.9 Å². The maximum absolute atomic E-state index is 4.32. The molecule has 2 nitrogen and oxygen atoms in total. The first-order chi connectivity index (χ1) is 8.81. The Morgan fingerprint density at radius 3 is 2.72 bits per heavy atom. The summed E-state index contributed by atoms with van der Waals surface area (Å²) in [5, 5.41) is 0. The van der Waals surface area contributed by atoms with Crippen molar-refractivity contribution in [2.45, 2.75) is 13.3 Å². The molecule has 0 fully saturated rings. The summed E-state index contributed by atoms with van der Waals surface area (Å²) in [6, 6.07) is 12.2. The van der Waals surface area contributed by atoms with E-state index >= 15 is 0 Å². The summed E-state index contributed by atoms with van der Waals surface area (Å²) in [5.41, 5.74) is 4.16. The molecule has 1 heterocycles. The van der Waals surface area contributed by atoms with Gasteiger partial charge in [-0.2, -0.15) is 0 Å². The van der Waals surface area contributed by atoms with Crippen molar-refractivity contribution >= 4 is 11.9 Å². The van der Waals surface area contributed by atoms with E-state index in [-0.39, 0.29) is 0 Å². The van der Waals surface area contributed by atoms with Crippen LogP contribution in [0.2, 0.25) is 0 Å². The van der Waals surface area contributed by atoms with Gasteiger partial charge in [-0.3, -0.25) is 9.98 Å². The topological polar surface area (TPSA) is 25.2 Å². The van der Waals surface area contributed by atoms with Crippen LogP contribution < -0.4 is 0 Å². The summed E-state index contributed by atoms with van der Waals surface area (Å²) < 4.78 is 0. The van der Waals surface area contributed by atoms with Gasteiger partial charge in [0.25, 0.3) is 0 Å². The number of pyridine rings is 1. The zero-order chi connectivity index (χ0) is 12.8. The molecule has 2 rings (SSSR count). The molecular formula is C16H16N2. The molecule has 1 aromatic heterocycles. The Balaban J connectivity index is 2.31. The summed E-state index contributed by atoms with van der Waals surface area (Å²) in [7, 11) is 0. The number of aliphatic imine (C=N–C) groups is 1. The lowest BCUT2D eigenvalue weighted by Crippen LogP contribution is -1.84. The highest BCUT2D eigenvalue weighted by Gasteiger charge is 2.00. The summed E-state index contributed by atoms with van der Waals surface area (Å²) in [5.74, 6) is 0. The molecule has 0 aliphatic rings. The molecule has 2 aromatic rings. The SMILES string of the molecule is C=C(N=CCC)c1cccc(-c2ccncc2)c1. The number of hydrogen-bond donors (Lipinski definition) is 0. The first-order valence-corrected chi connectivity index (χ1v) is 6.03. The van der Waals surface area contributed by atoms with Crippen LogP contribution in [0, 0.1) is 0 Å². The van der Waals surface area contributed by atoms with Crippen LogP contribution in [-0.4, -0.2) is 11.2 Å². The standard InChI is InChI=1S/C16H16N2/c1-3-9-18-13(2)15-5-4-6-16(12-15)14-7-10-17-11-8-14/h4-12H,2-3H2,1H3. The molecule has 0 bridgehead atoms. The predicted octanol–water partition coefficient (Wildman–Crippen LogP) is 4.20. The number of aromatic nitrogens is 1. The van der Waals surface area contributed by atoms with Crippen molar-refractivity contribution in [2.24, 2.45) is 4.99 Å². The molecule has 0 unspecified atom stereocenters. The second-order valence-electron chi connectivity index (χ2n) is 3.98. The van der Waals surface area contributed by atoms with E-state index < -0.39 is 0 Å². The third-order valence-electron chi connectivity index (χ3n) is 2.64. The van der Waals surface area contributed by atoms with Gasteiger partial charge in [0, 0.05) is 24.2 Å². The van der Waals surface area contributed by atoms with Crippen molar-refractivity contribution in [1.82, 2.24) is 4.98 Å². The summed E-state index contributed by atoms with van der Waals surface area (Å²) in [6.07, 6.45) is 6.39. The van der Waals surface area contributed by atoms with E-state index in [1.54, 1.807) is 12.4 Å². The molecule has 2 heteroatoms. The first kappa shape index (κ1) is 12.2. The van der Waals surface area contributed by atoms with Gasteiger partial charge < -0.3 is 0 Å². The fraction of sp³-hybridized carbons (Fsp3) is 0.125. The van der Waals surface area contributed by atoms with Gasteiger partial charge in [0.1, 0.15) is 0 Å². The highest BCUT2D eigenvalue weighted by molar-refractivity contribution is 5.75. The van der Waals surface area contributed by atoms with Gasteiger partial charge in [-0.1, -0.05) is 31.7 Å². The molecule has 0 aliphatic carbocycles. The van der Waals surface area contributed by atoms with Crippen molar-refractivity contribution < 1.29 is 0 Å². The molecule has 0 spiro atoms. The van der Waals surface area contributed by atoms with Crippen LogP contribution in [0.3, 0.4) is 0 Å². The van der Waals surface area contributed by atoms with Gasteiger partial charge in [0.05, 0.1) is 5.70 Å². The van der Waals surface area contributed by atoms with Crippen molar-refractivity contribution in [3.8, 4) is 11.1 Å². The molecule has 0 saturated heterocycles. The minimum atomic E-state index is 0.799. The highest BCUT2D eigenvalue weighted by atomic mass is 14.7. The van der Waals surface area contributed by atoms with Crippen molar-refractivity contribution in [2.75, 3.05) is 0 Å². The zero-order valence-corrected chi connectivity index (χ0v) is 10.5. The van der Waals surface area contributed by atoms with Gasteiger partial charge in [-0.15, -0.1) is 0 Å². The molecule has 0 atom stereocenters. The maximum Gasteiger partial charge on any atom is 0.0626 e. The van der Waals surface area contributed by atoms with Gasteiger partial charge >= 0.3 is 0 Å². The fourth-order valence-electron chi connectivity index (χ4n) is 1.70. The number of rotatable bonds is 4. The zero-order valence-electron chi connectivity index (χ0n) is 10.5. The van der Waals surface area contributed by atoms with Gasteiger partial charge in [0.15, 0.2) is 0 Å². The normalized spacial score (nSPS) is 10.7. The summed E-state index contributed by atoms with van der Waals surface area (Å²) in [4.78, 5) is 8.34. The lowest BCUT2D eigenvalue weighted by molar-refractivity contribution is 1.31. The molecule has 1 aromatic carbocycles. The smallest absolute Gasteiger partial charge is 0.0626 e. The van der Waals surface area contributed by atoms with E-state index in [0.717, 1.165) is 28.8 Å². The average Bonchev–Trinajstić information content (AvgIpc) is 2.46. The second-order valence-corrected chi connectivity index (χ2v) is 3.98. The molecule has 0 amide bonds. The molecule has 0 N–H and O–H groups in total. The average molecular weight is 236 g/mol. The molecular weight excluding hydrogens is 220 g/mol. The largest absolute Gasteiger partial charge is 0.265 e. The molecule has 0 saturated carbocycles. The van der Waals surface area contributed by atoms with Gasteiger partial charge in [-0.05, 0) is 35.7 Å². The Labute approximate surface area is 108 Å². The number of benzene rings is 1. The van der Waals surface area contributed by atoms with Crippen molar-refractivity contribution in [3.05, 3.63) is 60.9 Å². The fourth-order valence-corrected chi connectivity index (χ4v) is 1.70. The number of nitrogens with zero attached hydrogens (tertiary/aromatic N) is 2. The van der Waals surface area contributed by atoms with Crippen molar-refractivity contribution in [3.63, 3.8) is 0 Å². The maximum atomic E-state index is 4.32. The minimum Gasteiger partial charge on any atom is -0.265 e. The minimum absolute atomic E-state index is 0.799. The van der Waals surface area contributed by atoms with E-state index in [9.17, 15) is 0 Å². The van der Waals surface area contributed by atoms with E-state index in [1.807, 2.05) is 30.5 Å². The van der Waals surface area contributed by atoms with Crippen LogP contribution in [-0.2, 0) is 0 Å². The van der Waals surface area contributed by atoms with Crippen LogP contribution in [0.25, 0.3) is 16.8 Å². The third kappa shape index (κ3) is 2.92. The lowest BCUT2D eigenvalue weighted by atomic mass is 10.0. The van der Waals surface area contributed by atoms with E-state index in [4.69, 9.17) is 0 Å². The van der Waals surface area contributed by atoms with E-state index in [1.165, 1.54) is 0 Å². The lowest BCUT2D eigenvalue weighted by Gasteiger charge is -2.05. The molecule has 0 radical (unpaired) electrons. The van der Waals surface area contributed by atoms with Crippen LogP contribution in [0.4, 0.5) is 0 Å². The van der Waals surface area contributed by atoms with Crippen LogP contribution in [0.15, 0.2) is 60.4 Å². The van der Waals surface area contributed by atoms with E-state index in [0.29, 0.717) is 0 Å². The summed E-state index contributed by atoms with van der Waals surface area (Å²) in [6.45, 7) is 6.05. The Kier molecular flexibility index (Phi) is 4.02. The van der Waals surface area contributed by atoms with E-state index in [2.05, 4.69) is 35.6 Å². The Hall–Kier alpha value is -2.22. The third-order valence-corrected chi connectivity index (χ3v) is 2.64. The Morgan fingerprint density at radius 2 is 2.00 bits per heavy atom. The highest BCUT2D eigenvalue weighted by Crippen LogP contribution is 2.23. The summed E-state index contributed by atoms with van der Waals surface area (Å²) >= 11 is 0. The predicted molar refractivity (Wildman–Crippen MR) is 77.5 cm³/mol. The molecule has 0 aliphatic heterocycles. The van der Waals surface area contributed by atoms with Crippen LogP contribution in [0.5, 0.6) is 0 Å². The quantitative estimate of drug-likeness (QED) is 0.730. The number of hydrogen-bond acceptors (Lipinski definition) is 2. The Morgan fingerprint density at radius 1 is 1.22 bits per heavy atom. The van der Waals surface area contributed by atoms with Crippen LogP contribution >= 0.6 is 0 Å². The monoisotopic (exact) mass is 236 g/mol. The molecule has 90 valence electrons. The van der Waals surface area contributed by atoms with Crippen molar-refractivity contribution in [1.29, 1.82) is 0 Å². The Bertz CT molecular complexity index is 556. The molecule has 18 heavy (non-hydrogen) atoms. The van der Waals surface area contributed by atoms with Gasteiger partial charge in [-0.25, -0.2) is 0 Å². The second kappa shape index (κ2) is 5.92. The first-order valence-electron chi connectivity index (χ1n) is 6.03.